The average molecular weight is 333 g/mol. The highest BCUT2D eigenvalue weighted by Crippen LogP contribution is 2.34. The predicted octanol–water partition coefficient (Wildman–Crippen LogP) is 3.85. The van der Waals surface area contributed by atoms with E-state index in [1.54, 1.807) is 6.92 Å². The molecule has 0 aromatic heterocycles. The maximum absolute atomic E-state index is 12.5. The van der Waals surface area contributed by atoms with Gasteiger partial charge in [-0.05, 0) is 37.2 Å². The molecular weight excluding hydrogens is 315 g/mol. The lowest BCUT2D eigenvalue weighted by Gasteiger charge is -2.30. The first-order chi connectivity index (χ1) is 10.2. The number of aliphatic hydroxyl groups is 1. The Morgan fingerprint density at radius 1 is 1.45 bits per heavy atom. The number of dihydropyridines is 1. The lowest BCUT2D eigenvalue weighted by Crippen LogP contribution is -2.37. The Hall–Kier alpha value is -1.37. The van der Waals surface area contributed by atoms with E-state index in [1.165, 1.54) is 23.9 Å². The Bertz CT molecular complexity index is 539. The second-order valence-electron chi connectivity index (χ2n) is 5.70. The van der Waals surface area contributed by atoms with Crippen LogP contribution in [0.1, 0.15) is 26.2 Å². The van der Waals surface area contributed by atoms with Gasteiger partial charge in [0.15, 0.2) is 5.78 Å². The van der Waals surface area contributed by atoms with Crippen molar-refractivity contribution in [1.82, 2.24) is 5.32 Å². The fourth-order valence-corrected chi connectivity index (χ4v) is 3.61. The third-order valence-electron chi connectivity index (χ3n) is 3.67. The van der Waals surface area contributed by atoms with Gasteiger partial charge in [0.2, 0.25) is 0 Å². The second kappa shape index (κ2) is 6.40. The largest absolute Gasteiger partial charge is 0.512 e. The fourth-order valence-electron chi connectivity index (χ4n) is 2.43. The highest BCUT2D eigenvalue weighted by atomic mass is 32.2. The number of carbonyl (C=O) groups excluding carboxylic acids is 1. The van der Waals surface area contributed by atoms with Crippen molar-refractivity contribution in [1.29, 1.82) is 0 Å². The molecule has 1 aliphatic heterocycles. The second-order valence-corrected chi connectivity index (χ2v) is 7.24. The van der Waals surface area contributed by atoms with Crippen LogP contribution in [-0.4, -0.2) is 27.7 Å². The third-order valence-corrected chi connectivity index (χ3v) is 4.96. The minimum atomic E-state index is -4.35. The van der Waals surface area contributed by atoms with Crippen LogP contribution < -0.4 is 5.32 Å². The summed E-state index contributed by atoms with van der Waals surface area (Å²) in [6, 6.07) is 0. The predicted molar refractivity (Wildman–Crippen MR) is 80.3 cm³/mol. The van der Waals surface area contributed by atoms with Gasteiger partial charge in [0.25, 0.3) is 0 Å². The van der Waals surface area contributed by atoms with E-state index in [9.17, 15) is 23.1 Å². The Kier molecular flexibility index (Phi) is 4.94. The van der Waals surface area contributed by atoms with Crippen molar-refractivity contribution in [2.45, 2.75) is 37.2 Å². The van der Waals surface area contributed by atoms with E-state index in [1.807, 2.05) is 0 Å². The normalized spacial score (nSPS) is 28.9. The first-order valence-electron chi connectivity index (χ1n) is 6.98. The number of hydrogen-bond donors (Lipinski definition) is 2. The van der Waals surface area contributed by atoms with Crippen molar-refractivity contribution in [3.05, 3.63) is 35.8 Å². The van der Waals surface area contributed by atoms with Crippen LogP contribution in [0.3, 0.4) is 0 Å². The van der Waals surface area contributed by atoms with E-state index in [2.05, 4.69) is 5.32 Å². The van der Waals surface area contributed by atoms with Crippen LogP contribution in [0.5, 0.6) is 0 Å². The Morgan fingerprint density at radius 3 is 2.73 bits per heavy atom. The van der Waals surface area contributed by atoms with Crippen LogP contribution in [0.4, 0.5) is 13.2 Å². The molecule has 2 aliphatic rings. The lowest BCUT2D eigenvalue weighted by molar-refractivity contribution is -0.116. The van der Waals surface area contributed by atoms with Gasteiger partial charge in [0, 0.05) is 25.1 Å². The van der Waals surface area contributed by atoms with Gasteiger partial charge in [-0.3, -0.25) is 4.79 Å². The van der Waals surface area contributed by atoms with Crippen LogP contribution in [0.25, 0.3) is 0 Å². The van der Waals surface area contributed by atoms with Gasteiger partial charge in [0.05, 0.1) is 16.2 Å². The highest BCUT2D eigenvalue weighted by Gasteiger charge is 2.35. The maximum Gasteiger partial charge on any atom is 0.417 e. The number of allylic oxidation sites excluding steroid dienone is 4. The number of halogens is 3. The standard InChI is InChI=1S/C15H18F3NO2S/c1-14(4-2-11(9-19-14)15(16,17)18)22-5-3-10-6-12(20)8-13(21)7-10/h2,4,8-10,19-20H,3,5-7H2,1H3. The smallest absolute Gasteiger partial charge is 0.417 e. The molecule has 122 valence electrons. The molecule has 2 atom stereocenters. The first kappa shape index (κ1) is 17.0. The van der Waals surface area contributed by atoms with Gasteiger partial charge in [-0.15, -0.1) is 11.8 Å². The first-order valence-corrected chi connectivity index (χ1v) is 7.97. The molecule has 7 heteroatoms. The van der Waals surface area contributed by atoms with Gasteiger partial charge in [-0.1, -0.05) is 0 Å². The van der Waals surface area contributed by atoms with Crippen LogP contribution in [0.15, 0.2) is 35.8 Å². The molecule has 22 heavy (non-hydrogen) atoms. The molecular formula is C15H18F3NO2S. The summed E-state index contributed by atoms with van der Waals surface area (Å²) in [5.74, 6) is 0.834. The summed E-state index contributed by atoms with van der Waals surface area (Å²) in [6.07, 6.45) is 2.14. The molecule has 0 saturated carbocycles. The van der Waals surface area contributed by atoms with Crippen LogP contribution in [-0.2, 0) is 4.79 Å². The molecule has 0 radical (unpaired) electrons. The van der Waals surface area contributed by atoms with Crippen molar-refractivity contribution >= 4 is 17.5 Å². The average Bonchev–Trinajstić information content (AvgIpc) is 2.36. The zero-order valence-corrected chi connectivity index (χ0v) is 12.9. The topological polar surface area (TPSA) is 49.3 Å². The maximum atomic E-state index is 12.5. The molecule has 0 aromatic carbocycles. The number of nitrogens with one attached hydrogen (secondary N) is 1. The molecule has 0 fully saturated rings. The Morgan fingerprint density at radius 2 is 2.18 bits per heavy atom. The van der Waals surface area contributed by atoms with Crippen LogP contribution >= 0.6 is 11.8 Å². The summed E-state index contributed by atoms with van der Waals surface area (Å²) in [6.45, 7) is 1.81. The van der Waals surface area contributed by atoms with Gasteiger partial charge in [0.1, 0.15) is 0 Å². The van der Waals surface area contributed by atoms with Gasteiger partial charge >= 0.3 is 6.18 Å². The van der Waals surface area contributed by atoms with Crippen molar-refractivity contribution in [2.24, 2.45) is 5.92 Å². The number of rotatable bonds is 4. The molecule has 0 amide bonds. The van der Waals surface area contributed by atoms with E-state index in [4.69, 9.17) is 0 Å². The molecule has 0 bridgehead atoms. The summed E-state index contributed by atoms with van der Waals surface area (Å²) in [4.78, 5) is 10.8. The van der Waals surface area contributed by atoms with Gasteiger partial charge < -0.3 is 10.4 Å². The fraction of sp³-hybridized carbons (Fsp3) is 0.533. The van der Waals surface area contributed by atoms with Crippen molar-refractivity contribution in [3.8, 4) is 0 Å². The van der Waals surface area contributed by atoms with E-state index in [-0.39, 0.29) is 17.5 Å². The van der Waals surface area contributed by atoms with Crippen LogP contribution in [0.2, 0.25) is 0 Å². The number of carbonyl (C=O) groups is 1. The van der Waals surface area contributed by atoms with Gasteiger partial charge in [-0.2, -0.15) is 13.2 Å². The van der Waals surface area contributed by atoms with E-state index < -0.39 is 16.6 Å². The summed E-state index contributed by atoms with van der Waals surface area (Å²) in [7, 11) is 0. The van der Waals surface area contributed by atoms with E-state index >= 15 is 0 Å². The number of hydrogen-bond acceptors (Lipinski definition) is 4. The van der Waals surface area contributed by atoms with E-state index in [0.717, 1.165) is 18.7 Å². The molecule has 3 nitrogen and oxygen atoms in total. The van der Waals surface area contributed by atoms with Gasteiger partial charge in [-0.25, -0.2) is 0 Å². The van der Waals surface area contributed by atoms with E-state index in [0.29, 0.717) is 18.6 Å². The summed E-state index contributed by atoms with van der Waals surface area (Å²) in [5, 5.41) is 12.2. The third kappa shape index (κ3) is 4.56. The zero-order valence-electron chi connectivity index (χ0n) is 12.1. The Balaban J connectivity index is 1.81. The van der Waals surface area contributed by atoms with Crippen molar-refractivity contribution in [3.63, 3.8) is 0 Å². The summed E-state index contributed by atoms with van der Waals surface area (Å²) >= 11 is 1.49. The number of ketones is 1. The summed E-state index contributed by atoms with van der Waals surface area (Å²) in [5.41, 5.74) is -0.696. The molecule has 2 rings (SSSR count). The molecule has 0 aromatic rings. The molecule has 0 spiro atoms. The van der Waals surface area contributed by atoms with Crippen molar-refractivity contribution in [2.75, 3.05) is 5.75 Å². The minimum absolute atomic E-state index is 0.0709. The number of aliphatic hydroxyl groups excluding tert-OH is 1. The lowest BCUT2D eigenvalue weighted by atomic mass is 9.90. The molecule has 1 aliphatic carbocycles. The Labute approximate surface area is 131 Å². The number of thioether (sulfide) groups is 1. The highest BCUT2D eigenvalue weighted by molar-refractivity contribution is 8.00. The zero-order chi connectivity index (χ0) is 16.4. The molecule has 2 unspecified atom stereocenters. The summed E-state index contributed by atoms with van der Waals surface area (Å²) < 4.78 is 37.6. The quantitative estimate of drug-likeness (QED) is 0.820. The molecule has 1 heterocycles. The van der Waals surface area contributed by atoms with Crippen LogP contribution in [0, 0.1) is 5.92 Å². The number of alkyl halides is 3. The SMILES string of the molecule is CC1(SCCC2CC(=O)C=C(O)C2)C=CC(C(F)(F)F)=CN1. The minimum Gasteiger partial charge on any atom is -0.512 e. The van der Waals surface area contributed by atoms with Crippen molar-refractivity contribution < 1.29 is 23.1 Å². The molecule has 2 N–H and O–H groups in total. The molecule has 0 saturated heterocycles. The monoisotopic (exact) mass is 333 g/mol.